The summed E-state index contributed by atoms with van der Waals surface area (Å²) in [7, 11) is 0. The highest BCUT2D eigenvalue weighted by atomic mass is 19.1. The number of fused-ring (bicyclic) bond motifs is 3. The Labute approximate surface area is 182 Å². The molecule has 6 rings (SSSR count). The third kappa shape index (κ3) is 4.28. The molecule has 0 saturated carbocycles. The zero-order valence-electron chi connectivity index (χ0n) is 17.6. The Morgan fingerprint density at radius 3 is 1.90 bits per heavy atom. The van der Waals surface area contributed by atoms with E-state index >= 15 is 0 Å². The topological polar surface area (TPSA) is 15.3 Å². The molecule has 4 heteroatoms. The number of benzene rings is 3. The Morgan fingerprint density at radius 1 is 0.806 bits per heavy atom. The van der Waals surface area contributed by atoms with Gasteiger partial charge in [0.05, 0.1) is 0 Å². The van der Waals surface area contributed by atoms with E-state index in [9.17, 15) is 8.78 Å². The van der Waals surface area contributed by atoms with Gasteiger partial charge in [0.25, 0.3) is 0 Å². The van der Waals surface area contributed by atoms with Crippen LogP contribution in [-0.4, -0.2) is 30.1 Å². The number of piperidine rings is 3. The molecule has 3 aliphatic heterocycles. The fraction of sp³-hybridized carbons (Fsp3) is 0.333. The van der Waals surface area contributed by atoms with Gasteiger partial charge in [-0.3, -0.25) is 4.90 Å². The largest absolute Gasteiger partial charge is 0.308 e. The standard InChI is InChI=1S/C27H28F2N2/c28-23-15-19(16-24(29)17-23)18-30-26-22-11-13-31(14-12-22)27(26)25(20-7-3-1-4-8-20)21-9-5-2-6-10-21/h1-10,15-17,22,25-27,30H,11-14,18H2/t26-,27+/m1/s1. The molecule has 0 amide bonds. The van der Waals surface area contributed by atoms with E-state index in [0.29, 0.717) is 24.1 Å². The van der Waals surface area contributed by atoms with Crippen molar-refractivity contribution in [2.24, 2.45) is 5.92 Å². The van der Waals surface area contributed by atoms with Crippen molar-refractivity contribution >= 4 is 0 Å². The maximum Gasteiger partial charge on any atom is 0.126 e. The lowest BCUT2D eigenvalue weighted by molar-refractivity contribution is 0.00467. The molecule has 2 atom stereocenters. The molecular weight excluding hydrogens is 390 g/mol. The minimum atomic E-state index is -0.520. The van der Waals surface area contributed by atoms with Crippen molar-refractivity contribution in [3.63, 3.8) is 0 Å². The second-order valence-electron chi connectivity index (χ2n) is 8.85. The van der Waals surface area contributed by atoms with E-state index in [1.807, 2.05) is 0 Å². The second-order valence-corrected chi connectivity index (χ2v) is 8.85. The molecule has 31 heavy (non-hydrogen) atoms. The molecule has 3 aromatic rings. The molecule has 0 unspecified atom stereocenters. The monoisotopic (exact) mass is 418 g/mol. The Morgan fingerprint density at radius 2 is 1.35 bits per heavy atom. The highest BCUT2D eigenvalue weighted by Crippen LogP contribution is 2.42. The molecule has 3 saturated heterocycles. The molecule has 3 aromatic carbocycles. The summed E-state index contributed by atoms with van der Waals surface area (Å²) in [6.07, 6.45) is 2.34. The molecule has 0 spiro atoms. The highest BCUT2D eigenvalue weighted by molar-refractivity contribution is 5.36. The predicted molar refractivity (Wildman–Crippen MR) is 120 cm³/mol. The van der Waals surface area contributed by atoms with Gasteiger partial charge in [-0.05, 0) is 60.7 Å². The summed E-state index contributed by atoms with van der Waals surface area (Å²) in [5.74, 6) is -0.224. The number of hydrogen-bond acceptors (Lipinski definition) is 2. The lowest BCUT2D eigenvalue weighted by Crippen LogP contribution is -2.64. The van der Waals surface area contributed by atoms with Crippen molar-refractivity contribution < 1.29 is 8.78 Å². The first-order chi connectivity index (χ1) is 15.2. The van der Waals surface area contributed by atoms with Crippen molar-refractivity contribution in [1.82, 2.24) is 10.2 Å². The van der Waals surface area contributed by atoms with Gasteiger partial charge in [0.15, 0.2) is 0 Å². The summed E-state index contributed by atoms with van der Waals surface area (Å²) in [5.41, 5.74) is 3.29. The minimum Gasteiger partial charge on any atom is -0.308 e. The Bertz CT molecular complexity index is 941. The first-order valence-corrected chi connectivity index (χ1v) is 11.2. The van der Waals surface area contributed by atoms with Crippen LogP contribution in [0.25, 0.3) is 0 Å². The Hall–Kier alpha value is -2.56. The van der Waals surface area contributed by atoms with Crippen LogP contribution in [0.1, 0.15) is 35.4 Å². The van der Waals surface area contributed by atoms with Gasteiger partial charge in [0.2, 0.25) is 0 Å². The van der Waals surface area contributed by atoms with Crippen LogP contribution in [-0.2, 0) is 6.54 Å². The molecule has 3 heterocycles. The number of nitrogens with one attached hydrogen (secondary N) is 1. The summed E-state index contributed by atoms with van der Waals surface area (Å²) in [6.45, 7) is 2.69. The van der Waals surface area contributed by atoms with Crippen LogP contribution in [0.3, 0.4) is 0 Å². The molecule has 160 valence electrons. The lowest BCUT2D eigenvalue weighted by atomic mass is 9.70. The van der Waals surface area contributed by atoms with E-state index in [4.69, 9.17) is 0 Å². The average Bonchev–Trinajstić information content (AvgIpc) is 2.80. The second kappa shape index (κ2) is 8.89. The number of rotatable bonds is 6. The summed E-state index contributed by atoms with van der Waals surface area (Å²) < 4.78 is 27.4. The highest BCUT2D eigenvalue weighted by Gasteiger charge is 2.46. The van der Waals surface area contributed by atoms with E-state index in [0.717, 1.165) is 19.2 Å². The molecular formula is C27H28F2N2. The normalized spacial score (nSPS) is 25.1. The Kier molecular flexibility index (Phi) is 5.84. The molecule has 3 aliphatic rings. The third-order valence-corrected chi connectivity index (χ3v) is 6.99. The third-order valence-electron chi connectivity index (χ3n) is 6.99. The van der Waals surface area contributed by atoms with Crippen LogP contribution >= 0.6 is 0 Å². The fourth-order valence-corrected chi connectivity index (χ4v) is 5.64. The summed E-state index contributed by atoms with van der Waals surface area (Å²) in [5, 5.41) is 3.72. The number of nitrogens with zero attached hydrogens (tertiary/aromatic N) is 1. The fourth-order valence-electron chi connectivity index (χ4n) is 5.64. The van der Waals surface area contributed by atoms with Crippen LogP contribution in [0.15, 0.2) is 78.9 Å². The summed E-state index contributed by atoms with van der Waals surface area (Å²) in [6, 6.07) is 25.8. The summed E-state index contributed by atoms with van der Waals surface area (Å²) in [4.78, 5) is 2.62. The zero-order chi connectivity index (χ0) is 21.2. The van der Waals surface area contributed by atoms with Crippen molar-refractivity contribution in [3.05, 3.63) is 107 Å². The molecule has 3 fully saturated rings. The van der Waals surface area contributed by atoms with Crippen molar-refractivity contribution in [2.75, 3.05) is 13.1 Å². The molecule has 0 aliphatic carbocycles. The van der Waals surface area contributed by atoms with Gasteiger partial charge < -0.3 is 5.32 Å². The van der Waals surface area contributed by atoms with E-state index in [2.05, 4.69) is 70.9 Å². The predicted octanol–water partition coefficient (Wildman–Crippen LogP) is 5.35. The van der Waals surface area contributed by atoms with Gasteiger partial charge in [-0.1, -0.05) is 60.7 Å². The molecule has 2 bridgehead atoms. The van der Waals surface area contributed by atoms with Gasteiger partial charge in [0, 0.05) is 30.6 Å². The molecule has 1 N–H and O–H groups in total. The van der Waals surface area contributed by atoms with Crippen LogP contribution in [0.4, 0.5) is 8.78 Å². The van der Waals surface area contributed by atoms with Crippen LogP contribution in [0.2, 0.25) is 0 Å². The Balaban J connectivity index is 1.49. The lowest BCUT2D eigenvalue weighted by Gasteiger charge is -2.54. The van der Waals surface area contributed by atoms with Gasteiger partial charge in [-0.15, -0.1) is 0 Å². The molecule has 0 radical (unpaired) electrons. The quantitative estimate of drug-likeness (QED) is 0.581. The van der Waals surface area contributed by atoms with Gasteiger partial charge in [-0.25, -0.2) is 8.78 Å². The first-order valence-electron chi connectivity index (χ1n) is 11.2. The van der Waals surface area contributed by atoms with E-state index < -0.39 is 11.6 Å². The van der Waals surface area contributed by atoms with E-state index in [1.54, 1.807) is 0 Å². The average molecular weight is 419 g/mol. The van der Waals surface area contributed by atoms with Crippen LogP contribution in [0, 0.1) is 17.6 Å². The maximum absolute atomic E-state index is 13.7. The molecule has 0 aromatic heterocycles. The zero-order valence-corrected chi connectivity index (χ0v) is 17.6. The number of hydrogen-bond donors (Lipinski definition) is 1. The first kappa shape index (κ1) is 20.3. The van der Waals surface area contributed by atoms with Crippen molar-refractivity contribution in [1.29, 1.82) is 0 Å². The smallest absolute Gasteiger partial charge is 0.126 e. The molecule has 2 nitrogen and oxygen atoms in total. The van der Waals surface area contributed by atoms with Gasteiger partial charge in [0.1, 0.15) is 11.6 Å². The minimum absolute atomic E-state index is 0.243. The number of halogens is 2. The van der Waals surface area contributed by atoms with Gasteiger partial charge >= 0.3 is 0 Å². The SMILES string of the molecule is Fc1cc(F)cc(CN[C@@H]2C3CCN(CC3)[C@H]2C(c2ccccc2)c2ccccc2)c1. The maximum atomic E-state index is 13.7. The van der Waals surface area contributed by atoms with E-state index in [-0.39, 0.29) is 12.0 Å². The summed E-state index contributed by atoms with van der Waals surface area (Å²) >= 11 is 0. The van der Waals surface area contributed by atoms with Gasteiger partial charge in [-0.2, -0.15) is 0 Å². The van der Waals surface area contributed by atoms with Crippen molar-refractivity contribution in [2.45, 2.75) is 37.4 Å². The van der Waals surface area contributed by atoms with Crippen LogP contribution < -0.4 is 5.32 Å². The van der Waals surface area contributed by atoms with Crippen LogP contribution in [0.5, 0.6) is 0 Å². The van der Waals surface area contributed by atoms with E-state index in [1.165, 1.54) is 36.1 Å². The van der Waals surface area contributed by atoms with Crippen molar-refractivity contribution in [3.8, 4) is 0 Å².